The maximum Gasteiger partial charge on any atom is 0.229 e. The molecular formula is C22H23N7O3. The summed E-state index contributed by atoms with van der Waals surface area (Å²) in [5.41, 5.74) is 4.24. The molecule has 164 valence electrons. The molecule has 1 unspecified atom stereocenters. The second kappa shape index (κ2) is 8.15. The van der Waals surface area contributed by atoms with E-state index in [0.717, 1.165) is 34.1 Å². The van der Waals surface area contributed by atoms with Gasteiger partial charge in [-0.25, -0.2) is 9.67 Å². The molecule has 2 N–H and O–H groups in total. The molecule has 0 radical (unpaired) electrons. The van der Waals surface area contributed by atoms with Gasteiger partial charge in [0.2, 0.25) is 5.95 Å². The number of nitrogens with one attached hydrogen (secondary N) is 1. The summed E-state index contributed by atoms with van der Waals surface area (Å²) in [6.45, 7) is 3.26. The van der Waals surface area contributed by atoms with E-state index in [4.69, 9.17) is 4.84 Å². The number of β-amino-alcohol motifs (C(OH)–C–C–N with tert-alkyl or cyclic N) is 1. The highest BCUT2D eigenvalue weighted by Gasteiger charge is 2.23. The monoisotopic (exact) mass is 433 g/mol. The molecule has 3 aromatic heterocycles. The van der Waals surface area contributed by atoms with Crippen LogP contribution in [0.1, 0.15) is 21.6 Å². The molecule has 1 aliphatic heterocycles. The average molecular weight is 433 g/mol. The molecule has 1 fully saturated rings. The smallest absolute Gasteiger partial charge is 0.229 e. The zero-order valence-electron chi connectivity index (χ0n) is 17.8. The number of carbonyl (C=O) groups is 1. The van der Waals surface area contributed by atoms with Crippen LogP contribution in [0.2, 0.25) is 0 Å². The maximum absolute atomic E-state index is 11.4. The maximum atomic E-state index is 11.4. The Morgan fingerprint density at radius 3 is 2.97 bits per heavy atom. The van der Waals surface area contributed by atoms with Gasteiger partial charge in [-0.05, 0) is 25.1 Å². The van der Waals surface area contributed by atoms with Crippen LogP contribution < -0.4 is 5.32 Å². The molecule has 10 nitrogen and oxygen atoms in total. The van der Waals surface area contributed by atoms with E-state index in [2.05, 4.69) is 20.4 Å². The van der Waals surface area contributed by atoms with Crippen LogP contribution in [-0.4, -0.2) is 60.0 Å². The van der Waals surface area contributed by atoms with Crippen LogP contribution >= 0.6 is 0 Å². The van der Waals surface area contributed by atoms with Crippen LogP contribution in [0.15, 0.2) is 42.9 Å². The second-order valence-corrected chi connectivity index (χ2v) is 7.86. The van der Waals surface area contributed by atoms with Crippen LogP contribution in [0, 0.1) is 6.92 Å². The Hall–Kier alpha value is -3.60. The van der Waals surface area contributed by atoms with Gasteiger partial charge in [0.25, 0.3) is 0 Å². The molecule has 1 saturated heterocycles. The number of fused-ring (bicyclic) bond motifs is 1. The van der Waals surface area contributed by atoms with Crippen molar-refractivity contribution >= 4 is 28.8 Å². The molecule has 4 heterocycles. The first kappa shape index (κ1) is 20.3. The van der Waals surface area contributed by atoms with Crippen LogP contribution in [-0.2, 0) is 18.4 Å². The Labute approximate surface area is 184 Å². The number of hydroxylamine groups is 2. The summed E-state index contributed by atoms with van der Waals surface area (Å²) in [5.74, 6) is 1.04. The molecule has 10 heteroatoms. The fourth-order valence-electron chi connectivity index (χ4n) is 3.86. The van der Waals surface area contributed by atoms with Gasteiger partial charge in [-0.3, -0.25) is 9.63 Å². The molecule has 1 atom stereocenters. The van der Waals surface area contributed by atoms with Crippen molar-refractivity contribution in [2.75, 3.05) is 18.5 Å². The fourth-order valence-corrected chi connectivity index (χ4v) is 3.86. The van der Waals surface area contributed by atoms with Crippen LogP contribution in [0.3, 0.4) is 0 Å². The Balaban J connectivity index is 1.38. The number of aliphatic hydroxyl groups is 1. The van der Waals surface area contributed by atoms with Gasteiger partial charge in [-0.15, -0.1) is 0 Å². The molecule has 5 rings (SSSR count). The lowest BCUT2D eigenvalue weighted by atomic mass is 10.1. The summed E-state index contributed by atoms with van der Waals surface area (Å²) in [5, 5.41) is 20.0. The minimum absolute atomic E-state index is 0.317. The van der Waals surface area contributed by atoms with Crippen molar-refractivity contribution in [2.45, 2.75) is 19.6 Å². The summed E-state index contributed by atoms with van der Waals surface area (Å²) in [4.78, 5) is 25.7. The van der Waals surface area contributed by atoms with E-state index >= 15 is 0 Å². The molecule has 0 aliphatic carbocycles. The first-order valence-electron chi connectivity index (χ1n) is 10.3. The number of aldehydes is 1. The van der Waals surface area contributed by atoms with Crippen molar-refractivity contribution in [3.63, 3.8) is 0 Å². The number of carbonyl (C=O) groups excluding carboxylic acids is 1. The molecular weight excluding hydrogens is 410 g/mol. The van der Waals surface area contributed by atoms with E-state index in [1.807, 2.05) is 49.1 Å². The minimum atomic E-state index is -0.460. The third kappa shape index (κ3) is 3.86. The summed E-state index contributed by atoms with van der Waals surface area (Å²) in [6.07, 6.45) is 5.78. The standard InChI is InChI=1S/C22H23N7O3/c1-14-15(9-28-11-18(31)13-32-28)10-29(26-14)21-5-6-23-22(25-21)24-17-3-4-20-19(7-17)16(12-30)8-27(20)2/h3-8,10,12,18,31H,9,11,13H2,1-2H3,(H,23,24,25). The first-order chi connectivity index (χ1) is 15.5. The first-order valence-corrected chi connectivity index (χ1v) is 10.3. The van der Waals surface area contributed by atoms with E-state index in [-0.39, 0.29) is 0 Å². The number of nitrogens with zero attached hydrogens (tertiary/aromatic N) is 6. The van der Waals surface area contributed by atoms with Gasteiger partial charge in [0, 0.05) is 59.4 Å². The van der Waals surface area contributed by atoms with Crippen molar-refractivity contribution in [2.24, 2.45) is 7.05 Å². The topological polar surface area (TPSA) is 110 Å². The van der Waals surface area contributed by atoms with Gasteiger partial charge < -0.3 is 15.0 Å². The van der Waals surface area contributed by atoms with Gasteiger partial charge >= 0.3 is 0 Å². The Bertz CT molecular complexity index is 1300. The van der Waals surface area contributed by atoms with Crippen LogP contribution in [0.5, 0.6) is 0 Å². The van der Waals surface area contributed by atoms with Crippen LogP contribution in [0.25, 0.3) is 16.7 Å². The van der Waals surface area contributed by atoms with E-state index in [1.54, 1.807) is 22.0 Å². The van der Waals surface area contributed by atoms with E-state index in [9.17, 15) is 9.90 Å². The van der Waals surface area contributed by atoms with Crippen molar-refractivity contribution in [3.05, 3.63) is 59.7 Å². The number of anilines is 2. The number of benzene rings is 1. The summed E-state index contributed by atoms with van der Waals surface area (Å²) in [6, 6.07) is 7.57. The Kier molecular flexibility index (Phi) is 5.17. The molecule has 1 aromatic carbocycles. The van der Waals surface area contributed by atoms with Crippen LogP contribution in [0.4, 0.5) is 11.6 Å². The number of hydrogen-bond acceptors (Lipinski definition) is 8. The largest absolute Gasteiger partial charge is 0.389 e. The number of aromatic nitrogens is 5. The predicted molar refractivity (Wildman–Crippen MR) is 118 cm³/mol. The van der Waals surface area contributed by atoms with Crippen molar-refractivity contribution < 1.29 is 14.7 Å². The van der Waals surface area contributed by atoms with Gasteiger partial charge in [0.1, 0.15) is 0 Å². The van der Waals surface area contributed by atoms with Crippen molar-refractivity contribution in [1.82, 2.24) is 29.4 Å². The number of rotatable bonds is 6. The molecule has 0 amide bonds. The van der Waals surface area contributed by atoms with E-state index < -0.39 is 6.10 Å². The third-order valence-electron chi connectivity index (χ3n) is 5.49. The average Bonchev–Trinajstić information content (AvgIpc) is 3.46. The molecule has 32 heavy (non-hydrogen) atoms. The van der Waals surface area contributed by atoms with Gasteiger partial charge in [-0.2, -0.15) is 15.1 Å². The third-order valence-corrected chi connectivity index (χ3v) is 5.49. The highest BCUT2D eigenvalue weighted by atomic mass is 16.7. The van der Waals surface area contributed by atoms with Crippen molar-refractivity contribution in [1.29, 1.82) is 0 Å². The van der Waals surface area contributed by atoms with E-state index in [1.165, 1.54) is 0 Å². The molecule has 0 saturated carbocycles. The lowest BCUT2D eigenvalue weighted by molar-refractivity contribution is -0.118. The predicted octanol–water partition coefficient (Wildman–Crippen LogP) is 2.13. The fraction of sp³-hybridized carbons (Fsp3) is 0.273. The molecule has 4 aromatic rings. The quantitative estimate of drug-likeness (QED) is 0.445. The number of aliphatic hydroxyl groups excluding tert-OH is 1. The molecule has 1 aliphatic rings. The summed E-state index contributed by atoms with van der Waals surface area (Å²) in [7, 11) is 1.91. The zero-order chi connectivity index (χ0) is 22.2. The minimum Gasteiger partial charge on any atom is -0.389 e. The van der Waals surface area contributed by atoms with Gasteiger partial charge in [0.05, 0.1) is 31.5 Å². The Morgan fingerprint density at radius 1 is 1.31 bits per heavy atom. The Morgan fingerprint density at radius 2 is 2.19 bits per heavy atom. The van der Waals surface area contributed by atoms with Gasteiger partial charge in [0.15, 0.2) is 12.1 Å². The van der Waals surface area contributed by atoms with Crippen molar-refractivity contribution in [3.8, 4) is 5.82 Å². The number of aryl methyl sites for hydroxylation is 2. The normalized spacial score (nSPS) is 16.7. The highest BCUT2D eigenvalue weighted by Crippen LogP contribution is 2.25. The van der Waals surface area contributed by atoms with Gasteiger partial charge in [-0.1, -0.05) is 0 Å². The second-order valence-electron chi connectivity index (χ2n) is 7.86. The highest BCUT2D eigenvalue weighted by molar-refractivity contribution is 5.99. The number of hydrogen-bond donors (Lipinski definition) is 2. The lowest BCUT2D eigenvalue weighted by Crippen LogP contribution is -2.20. The SMILES string of the molecule is Cc1nn(-c2ccnc(Nc3ccc4c(c3)c(C=O)cn4C)n2)cc1CN1CC(O)CO1. The summed E-state index contributed by atoms with van der Waals surface area (Å²) >= 11 is 0. The zero-order valence-corrected chi connectivity index (χ0v) is 17.8. The molecule has 0 spiro atoms. The summed E-state index contributed by atoms with van der Waals surface area (Å²) < 4.78 is 3.63. The lowest BCUT2D eigenvalue weighted by Gasteiger charge is -2.12. The molecule has 0 bridgehead atoms. The van der Waals surface area contributed by atoms with E-state index in [0.29, 0.717) is 37.0 Å².